The molecule has 0 bridgehead atoms. The molecule has 1 aliphatic rings. The van der Waals surface area contributed by atoms with Crippen LogP contribution < -0.4 is 0 Å². The molecule has 0 aromatic carbocycles. The Balaban J connectivity index is 0.000000468. The maximum absolute atomic E-state index is 5.34. The summed E-state index contributed by atoms with van der Waals surface area (Å²) in [6.45, 7) is 16.4. The molecule has 0 atom stereocenters. The molecule has 1 rings (SSSR count). The Kier molecular flexibility index (Phi) is 14.9. The summed E-state index contributed by atoms with van der Waals surface area (Å²) in [4.78, 5) is 2.23. The number of hydrogen-bond donors (Lipinski definition) is 0. The van der Waals surface area contributed by atoms with Gasteiger partial charge in [0, 0.05) is 37.0 Å². The van der Waals surface area contributed by atoms with Crippen LogP contribution in [0.3, 0.4) is 0 Å². The van der Waals surface area contributed by atoms with E-state index in [9.17, 15) is 0 Å². The van der Waals surface area contributed by atoms with Gasteiger partial charge in [0.05, 0.1) is 13.2 Å². The summed E-state index contributed by atoms with van der Waals surface area (Å²) in [6.07, 6.45) is 1.90. The second-order valence-corrected chi connectivity index (χ2v) is 8.66. The lowest BCUT2D eigenvalue weighted by Gasteiger charge is -2.26. The fraction of sp³-hybridized carbons (Fsp3) is 0.938. The van der Waals surface area contributed by atoms with E-state index in [2.05, 4.69) is 18.7 Å². The van der Waals surface area contributed by atoms with Crippen LogP contribution in [-0.4, -0.2) is 63.5 Å². The maximum atomic E-state index is 5.34. The summed E-state index contributed by atoms with van der Waals surface area (Å²) in [7, 11) is -0.684. The third-order valence-electron chi connectivity index (χ3n) is 3.28. The van der Waals surface area contributed by atoms with Gasteiger partial charge in [-0.25, -0.2) is 0 Å². The molecule has 0 radical (unpaired) electrons. The topological polar surface area (TPSA) is 30.9 Å². The van der Waals surface area contributed by atoms with Gasteiger partial charge in [-0.1, -0.05) is 24.0 Å². The Morgan fingerprint density at radius 1 is 1.17 bits per heavy atom. The Bertz CT molecular complexity index is 291. The minimum Gasteiger partial charge on any atom is -0.396 e. The molecule has 1 saturated heterocycles. The van der Waals surface area contributed by atoms with E-state index in [0.29, 0.717) is 12.2 Å². The van der Waals surface area contributed by atoms with Gasteiger partial charge >= 0.3 is 10.0 Å². The molecule has 1 fully saturated rings. The van der Waals surface area contributed by atoms with E-state index in [4.69, 9.17) is 25.8 Å². The maximum Gasteiger partial charge on any atom is 0.304 e. The van der Waals surface area contributed by atoms with Crippen molar-refractivity contribution in [1.82, 2.24) is 4.90 Å². The monoisotopic (exact) mass is 381 g/mol. The number of nitrogens with zero attached hydrogens (tertiary/aromatic N) is 1. The molecule has 0 unspecified atom stereocenters. The molecule has 23 heavy (non-hydrogen) atoms. The van der Waals surface area contributed by atoms with Gasteiger partial charge in [0.15, 0.2) is 0 Å². The van der Waals surface area contributed by atoms with Gasteiger partial charge in [0.1, 0.15) is 4.32 Å². The summed E-state index contributed by atoms with van der Waals surface area (Å²) in [5.74, 6) is 1.94. The fourth-order valence-corrected chi connectivity index (χ4v) is 3.85. The minimum absolute atomic E-state index is 0.329. The molecule has 1 aliphatic heterocycles. The first-order valence-electron chi connectivity index (χ1n) is 8.63. The molecule has 1 heterocycles. The van der Waals surface area contributed by atoms with Crippen LogP contribution in [0.4, 0.5) is 0 Å². The number of thioether (sulfide) groups is 1. The molecule has 7 heteroatoms. The summed E-state index contributed by atoms with van der Waals surface area (Å²) in [5, 5.41) is 0. The van der Waals surface area contributed by atoms with E-state index >= 15 is 0 Å². The summed E-state index contributed by atoms with van der Waals surface area (Å²) in [5.41, 5.74) is 0. The average molecular weight is 382 g/mol. The Morgan fingerprint density at radius 3 is 2.04 bits per heavy atom. The van der Waals surface area contributed by atoms with Gasteiger partial charge in [-0.3, -0.25) is 0 Å². The SMILES string of the molecule is CC(C)O[SiH2]OC(C)C.CCN(CC)C(=S)SCCC1COC1. The zero-order valence-electron chi connectivity index (χ0n) is 15.7. The predicted molar refractivity (Wildman–Crippen MR) is 108 cm³/mol. The summed E-state index contributed by atoms with van der Waals surface area (Å²) in [6, 6.07) is 0. The molecule has 0 spiro atoms. The zero-order valence-corrected chi connectivity index (χ0v) is 18.7. The molecule has 0 saturated carbocycles. The van der Waals surface area contributed by atoms with Crippen molar-refractivity contribution in [2.75, 3.05) is 32.1 Å². The van der Waals surface area contributed by atoms with Crippen molar-refractivity contribution in [2.45, 2.75) is 60.2 Å². The molecule has 0 aliphatic carbocycles. The molecule has 0 amide bonds. The normalized spacial score (nSPS) is 14.4. The van der Waals surface area contributed by atoms with E-state index in [1.54, 1.807) is 0 Å². The van der Waals surface area contributed by atoms with E-state index in [1.807, 2.05) is 39.5 Å². The van der Waals surface area contributed by atoms with Crippen LogP contribution in [0.1, 0.15) is 48.0 Å². The van der Waals surface area contributed by atoms with Crippen molar-refractivity contribution >= 4 is 38.3 Å². The van der Waals surface area contributed by atoms with Crippen molar-refractivity contribution in [3.8, 4) is 0 Å². The number of rotatable bonds is 9. The number of ether oxygens (including phenoxy) is 1. The standard InChI is InChI=1S/C10H19NOS2.C6H16O2Si/c1-3-11(4-2)10(13)14-6-5-9-7-12-8-9;1-5(2)7-9-8-6(3)4/h9H,3-8H2,1-2H3;5-6H,9H2,1-4H3. The first-order valence-corrected chi connectivity index (χ1v) is 11.2. The minimum atomic E-state index is -0.684. The zero-order chi connectivity index (χ0) is 17.7. The first-order chi connectivity index (χ1) is 10.9. The van der Waals surface area contributed by atoms with Crippen LogP contribution in [0.25, 0.3) is 0 Å². The highest BCUT2D eigenvalue weighted by molar-refractivity contribution is 8.22. The highest BCUT2D eigenvalue weighted by Gasteiger charge is 2.18. The van der Waals surface area contributed by atoms with Crippen LogP contribution in [-0.2, 0) is 13.6 Å². The lowest BCUT2D eigenvalue weighted by Crippen LogP contribution is -2.29. The smallest absolute Gasteiger partial charge is 0.304 e. The first kappa shape index (κ1) is 23.3. The Morgan fingerprint density at radius 2 is 1.70 bits per heavy atom. The highest BCUT2D eigenvalue weighted by atomic mass is 32.2. The third kappa shape index (κ3) is 13.3. The van der Waals surface area contributed by atoms with Gasteiger partial charge in [0.2, 0.25) is 0 Å². The molecular weight excluding hydrogens is 346 g/mol. The van der Waals surface area contributed by atoms with Crippen molar-refractivity contribution in [3.63, 3.8) is 0 Å². The lowest BCUT2D eigenvalue weighted by molar-refractivity contribution is -0.0325. The Hall–Kier alpha value is 0.337. The van der Waals surface area contributed by atoms with Crippen molar-refractivity contribution < 1.29 is 13.6 Å². The summed E-state index contributed by atoms with van der Waals surface area (Å²) >= 11 is 7.15. The fourth-order valence-electron chi connectivity index (χ4n) is 1.65. The van der Waals surface area contributed by atoms with Gasteiger partial charge in [-0.2, -0.15) is 0 Å². The molecule has 0 aromatic heterocycles. The largest absolute Gasteiger partial charge is 0.396 e. The van der Waals surface area contributed by atoms with Crippen LogP contribution in [0, 0.1) is 5.92 Å². The highest BCUT2D eigenvalue weighted by Crippen LogP contribution is 2.19. The van der Waals surface area contributed by atoms with E-state index in [0.717, 1.165) is 42.3 Å². The summed E-state index contributed by atoms with van der Waals surface area (Å²) < 4.78 is 16.7. The van der Waals surface area contributed by atoms with Crippen LogP contribution in [0.15, 0.2) is 0 Å². The van der Waals surface area contributed by atoms with E-state index < -0.39 is 10.0 Å². The van der Waals surface area contributed by atoms with Gasteiger partial charge in [-0.15, -0.1) is 0 Å². The van der Waals surface area contributed by atoms with Gasteiger partial charge in [-0.05, 0) is 48.0 Å². The average Bonchev–Trinajstić information content (AvgIpc) is 2.43. The molecule has 0 N–H and O–H groups in total. The van der Waals surface area contributed by atoms with Gasteiger partial charge in [0.25, 0.3) is 0 Å². The van der Waals surface area contributed by atoms with Crippen LogP contribution >= 0.6 is 24.0 Å². The second kappa shape index (κ2) is 14.7. The molecule has 4 nitrogen and oxygen atoms in total. The number of thiocarbonyl (C=S) groups is 1. The Labute approximate surface area is 155 Å². The lowest BCUT2D eigenvalue weighted by atomic mass is 10.1. The number of hydrogen-bond acceptors (Lipinski definition) is 5. The van der Waals surface area contributed by atoms with Crippen molar-refractivity contribution in [3.05, 3.63) is 0 Å². The van der Waals surface area contributed by atoms with Gasteiger partial charge < -0.3 is 18.5 Å². The third-order valence-corrected chi connectivity index (χ3v) is 6.45. The van der Waals surface area contributed by atoms with Crippen molar-refractivity contribution in [1.29, 1.82) is 0 Å². The van der Waals surface area contributed by atoms with Crippen molar-refractivity contribution in [2.24, 2.45) is 5.92 Å². The quantitative estimate of drug-likeness (QED) is 0.450. The molecule has 0 aromatic rings. The van der Waals surface area contributed by atoms with E-state index in [-0.39, 0.29) is 0 Å². The second-order valence-electron chi connectivity index (χ2n) is 6.03. The van der Waals surface area contributed by atoms with Crippen LogP contribution in [0.2, 0.25) is 0 Å². The molecule has 138 valence electrons. The molecular formula is C16H35NO3S2Si. The van der Waals surface area contributed by atoms with E-state index in [1.165, 1.54) is 6.42 Å². The van der Waals surface area contributed by atoms with Crippen LogP contribution in [0.5, 0.6) is 0 Å². The predicted octanol–water partition coefficient (Wildman–Crippen LogP) is 3.22.